The van der Waals surface area contributed by atoms with Crippen LogP contribution in [0.25, 0.3) is 10.8 Å². The Labute approximate surface area is 104 Å². The number of benzene rings is 2. The first-order valence-electron chi connectivity index (χ1n) is 5.40. The molecule has 4 heteroatoms. The lowest BCUT2D eigenvalue weighted by Gasteiger charge is -2.11. The highest BCUT2D eigenvalue weighted by Crippen LogP contribution is 2.34. The Bertz CT molecular complexity index is 616. The van der Waals surface area contributed by atoms with Gasteiger partial charge in [-0.25, -0.2) is 0 Å². The normalized spacial score (nSPS) is 10.1. The van der Waals surface area contributed by atoms with Gasteiger partial charge in [0.1, 0.15) is 11.5 Å². The van der Waals surface area contributed by atoms with Crippen LogP contribution in [0.5, 0.6) is 11.5 Å². The summed E-state index contributed by atoms with van der Waals surface area (Å²) in [5.74, 6) is 0.587. The minimum Gasteiger partial charge on any atom is -0.496 e. The van der Waals surface area contributed by atoms with Gasteiger partial charge in [0.25, 0.3) is 0 Å². The topological polar surface area (TPSA) is 52.6 Å². The van der Waals surface area contributed by atoms with Gasteiger partial charge >= 0.3 is 5.97 Å². The van der Waals surface area contributed by atoms with E-state index in [9.17, 15) is 9.59 Å². The van der Waals surface area contributed by atoms with Crippen molar-refractivity contribution in [2.75, 3.05) is 7.11 Å². The highest BCUT2D eigenvalue weighted by Gasteiger charge is 2.12. The van der Waals surface area contributed by atoms with Crippen LogP contribution in [0.3, 0.4) is 0 Å². The minimum absolute atomic E-state index is 0.405. The molecule has 4 nitrogen and oxygen atoms in total. The summed E-state index contributed by atoms with van der Waals surface area (Å²) in [6, 6.07) is 8.53. The lowest BCUT2D eigenvalue weighted by atomic mass is 10.0. The number of hydrogen-bond donors (Lipinski definition) is 0. The molecule has 0 unspecified atom stereocenters. The molecule has 0 fully saturated rings. The van der Waals surface area contributed by atoms with Gasteiger partial charge in [0.05, 0.1) is 7.11 Å². The smallest absolute Gasteiger partial charge is 0.308 e. The number of esters is 1. The maximum absolute atomic E-state index is 11.1. The fourth-order valence-electron chi connectivity index (χ4n) is 1.88. The fraction of sp³-hybridized carbons (Fsp3) is 0.143. The Morgan fingerprint density at radius 3 is 2.56 bits per heavy atom. The number of rotatable bonds is 3. The van der Waals surface area contributed by atoms with E-state index in [0.29, 0.717) is 27.8 Å². The van der Waals surface area contributed by atoms with Crippen LogP contribution in [-0.4, -0.2) is 19.4 Å². The van der Waals surface area contributed by atoms with Crippen molar-refractivity contribution in [1.82, 2.24) is 0 Å². The standard InChI is InChI=1S/C14H12O4/c1-9(16)18-12-7-6-10(8-15)14-11(12)4-3-5-13(14)17-2/h3-8H,1-2H3. The summed E-state index contributed by atoms with van der Waals surface area (Å²) >= 11 is 0. The maximum Gasteiger partial charge on any atom is 0.308 e. The summed E-state index contributed by atoms with van der Waals surface area (Å²) in [7, 11) is 1.53. The van der Waals surface area contributed by atoms with Crippen LogP contribution in [-0.2, 0) is 4.79 Å². The van der Waals surface area contributed by atoms with Gasteiger partial charge < -0.3 is 9.47 Å². The van der Waals surface area contributed by atoms with E-state index in [4.69, 9.17) is 9.47 Å². The van der Waals surface area contributed by atoms with Gasteiger partial charge in [-0.15, -0.1) is 0 Å². The predicted octanol–water partition coefficient (Wildman–Crippen LogP) is 2.59. The second kappa shape index (κ2) is 4.87. The Balaban J connectivity index is 2.78. The van der Waals surface area contributed by atoms with Gasteiger partial charge in [0, 0.05) is 23.3 Å². The van der Waals surface area contributed by atoms with E-state index in [1.165, 1.54) is 14.0 Å². The number of carbonyl (C=O) groups excluding carboxylic acids is 2. The van der Waals surface area contributed by atoms with Gasteiger partial charge in [-0.3, -0.25) is 9.59 Å². The first-order chi connectivity index (χ1) is 8.67. The minimum atomic E-state index is -0.405. The van der Waals surface area contributed by atoms with Gasteiger partial charge in [0.2, 0.25) is 0 Å². The number of fused-ring (bicyclic) bond motifs is 1. The highest BCUT2D eigenvalue weighted by molar-refractivity contribution is 6.04. The van der Waals surface area contributed by atoms with E-state index in [2.05, 4.69) is 0 Å². The first-order valence-corrected chi connectivity index (χ1v) is 5.40. The molecule has 0 aliphatic heterocycles. The number of aldehydes is 1. The number of ether oxygens (including phenoxy) is 2. The molecule has 0 heterocycles. The molecule has 0 aliphatic rings. The molecule has 92 valence electrons. The third kappa shape index (κ3) is 2.05. The van der Waals surface area contributed by atoms with E-state index >= 15 is 0 Å². The Morgan fingerprint density at radius 2 is 1.94 bits per heavy atom. The third-order valence-electron chi connectivity index (χ3n) is 2.60. The van der Waals surface area contributed by atoms with E-state index in [0.717, 1.165) is 6.29 Å². The van der Waals surface area contributed by atoms with Crippen molar-refractivity contribution >= 4 is 23.0 Å². The van der Waals surface area contributed by atoms with Gasteiger partial charge in [0.15, 0.2) is 6.29 Å². The van der Waals surface area contributed by atoms with Gasteiger partial charge in [-0.1, -0.05) is 12.1 Å². The molecule has 2 rings (SSSR count). The van der Waals surface area contributed by atoms with E-state index in [1.54, 1.807) is 30.3 Å². The van der Waals surface area contributed by atoms with Crippen LogP contribution in [0.15, 0.2) is 30.3 Å². The van der Waals surface area contributed by atoms with Crippen LogP contribution in [0.2, 0.25) is 0 Å². The van der Waals surface area contributed by atoms with Crippen LogP contribution < -0.4 is 9.47 Å². The second-order valence-corrected chi connectivity index (χ2v) is 3.75. The van der Waals surface area contributed by atoms with Crippen molar-refractivity contribution in [3.8, 4) is 11.5 Å². The Kier molecular flexibility index (Phi) is 3.28. The Morgan fingerprint density at radius 1 is 1.17 bits per heavy atom. The third-order valence-corrected chi connectivity index (χ3v) is 2.60. The number of methoxy groups -OCH3 is 1. The van der Waals surface area contributed by atoms with Crippen LogP contribution >= 0.6 is 0 Å². The molecule has 2 aromatic rings. The number of carbonyl (C=O) groups is 2. The summed E-state index contributed by atoms with van der Waals surface area (Å²) in [5, 5.41) is 1.32. The molecule has 0 saturated carbocycles. The molecule has 2 aromatic carbocycles. The molecule has 0 radical (unpaired) electrons. The fourth-order valence-corrected chi connectivity index (χ4v) is 1.88. The summed E-state index contributed by atoms with van der Waals surface area (Å²) in [6.45, 7) is 1.33. The highest BCUT2D eigenvalue weighted by atomic mass is 16.5. The van der Waals surface area contributed by atoms with E-state index in [1.807, 2.05) is 0 Å². The van der Waals surface area contributed by atoms with Crippen molar-refractivity contribution in [2.45, 2.75) is 6.92 Å². The van der Waals surface area contributed by atoms with Crippen LogP contribution in [0.4, 0.5) is 0 Å². The molecular weight excluding hydrogens is 232 g/mol. The molecule has 18 heavy (non-hydrogen) atoms. The summed E-state index contributed by atoms with van der Waals surface area (Å²) in [5.41, 5.74) is 0.498. The van der Waals surface area contributed by atoms with Crippen molar-refractivity contribution < 1.29 is 19.1 Å². The van der Waals surface area contributed by atoms with Gasteiger partial charge in [-0.2, -0.15) is 0 Å². The lowest BCUT2D eigenvalue weighted by Crippen LogP contribution is -2.02. The summed E-state index contributed by atoms with van der Waals surface area (Å²) in [6.07, 6.45) is 0.752. The van der Waals surface area contributed by atoms with E-state index in [-0.39, 0.29) is 0 Å². The largest absolute Gasteiger partial charge is 0.496 e. The monoisotopic (exact) mass is 244 g/mol. The zero-order chi connectivity index (χ0) is 13.1. The van der Waals surface area contributed by atoms with Gasteiger partial charge in [-0.05, 0) is 18.2 Å². The maximum atomic E-state index is 11.1. The summed E-state index contributed by atoms with van der Waals surface area (Å²) < 4.78 is 10.3. The van der Waals surface area contributed by atoms with Crippen molar-refractivity contribution in [3.05, 3.63) is 35.9 Å². The quantitative estimate of drug-likeness (QED) is 0.473. The molecule has 0 bridgehead atoms. The number of hydrogen-bond acceptors (Lipinski definition) is 4. The molecule has 0 atom stereocenters. The first kappa shape index (κ1) is 12.1. The molecule has 0 spiro atoms. The lowest BCUT2D eigenvalue weighted by molar-refractivity contribution is -0.131. The molecule has 0 N–H and O–H groups in total. The average molecular weight is 244 g/mol. The zero-order valence-electron chi connectivity index (χ0n) is 10.1. The molecule has 0 saturated heterocycles. The molecule has 0 aromatic heterocycles. The molecule has 0 aliphatic carbocycles. The molecular formula is C14H12O4. The zero-order valence-corrected chi connectivity index (χ0v) is 10.1. The predicted molar refractivity (Wildman–Crippen MR) is 67.2 cm³/mol. The average Bonchev–Trinajstić information content (AvgIpc) is 2.38. The molecule has 0 amide bonds. The SMILES string of the molecule is COc1cccc2c(OC(C)=O)ccc(C=O)c12. The van der Waals surface area contributed by atoms with Crippen molar-refractivity contribution in [2.24, 2.45) is 0 Å². The Hall–Kier alpha value is -2.36. The van der Waals surface area contributed by atoms with Crippen LogP contribution in [0, 0.1) is 0 Å². The summed E-state index contributed by atoms with van der Waals surface area (Å²) in [4.78, 5) is 22.1. The van der Waals surface area contributed by atoms with Crippen LogP contribution in [0.1, 0.15) is 17.3 Å². The van der Waals surface area contributed by atoms with Crippen molar-refractivity contribution in [3.63, 3.8) is 0 Å². The van der Waals surface area contributed by atoms with Crippen molar-refractivity contribution in [1.29, 1.82) is 0 Å². The van der Waals surface area contributed by atoms with E-state index < -0.39 is 5.97 Å². The second-order valence-electron chi connectivity index (χ2n) is 3.75.